The molecule has 0 atom stereocenters. The van der Waals surface area contributed by atoms with Gasteiger partial charge in [0.1, 0.15) is 0 Å². The summed E-state index contributed by atoms with van der Waals surface area (Å²) < 4.78 is 46.1. The van der Waals surface area contributed by atoms with Gasteiger partial charge < -0.3 is 18.8 Å². The first kappa shape index (κ1) is 26.4. The molecule has 0 radical (unpaired) electrons. The summed E-state index contributed by atoms with van der Waals surface area (Å²) in [4.78, 5) is 18.0. The number of rotatable bonds is 9. The zero-order valence-electron chi connectivity index (χ0n) is 20.9. The number of amides is 1. The van der Waals surface area contributed by atoms with Crippen molar-refractivity contribution in [3.05, 3.63) is 77.1 Å². The normalized spacial score (nSPS) is 12.1. The molecule has 0 fully saturated rings. The van der Waals surface area contributed by atoms with Crippen molar-refractivity contribution in [1.29, 1.82) is 0 Å². The highest BCUT2D eigenvalue weighted by Crippen LogP contribution is 2.33. The Balaban J connectivity index is 1.69. The van der Waals surface area contributed by atoms with Gasteiger partial charge in [0.05, 0.1) is 41.6 Å². The molecule has 0 spiro atoms. The van der Waals surface area contributed by atoms with Gasteiger partial charge in [-0.15, -0.1) is 0 Å². The van der Waals surface area contributed by atoms with Gasteiger partial charge in [-0.3, -0.25) is 9.10 Å². The Morgan fingerprint density at radius 1 is 0.973 bits per heavy atom. The molecular weight excluding hydrogens is 514 g/mol. The second kappa shape index (κ2) is 11.2. The van der Waals surface area contributed by atoms with Gasteiger partial charge in [-0.1, -0.05) is 29.5 Å². The van der Waals surface area contributed by atoms with E-state index in [1.165, 1.54) is 47.0 Å². The zero-order valence-corrected chi connectivity index (χ0v) is 22.5. The Kier molecular flexibility index (Phi) is 7.96. The van der Waals surface area contributed by atoms with E-state index in [0.717, 1.165) is 10.2 Å². The first-order chi connectivity index (χ1) is 17.8. The number of hydrogen-bond donors (Lipinski definition) is 0. The number of fused-ring (bicyclic) bond motifs is 1. The molecule has 9 nitrogen and oxygen atoms in total. The van der Waals surface area contributed by atoms with Crippen molar-refractivity contribution in [2.45, 2.75) is 11.4 Å². The van der Waals surface area contributed by atoms with Crippen LogP contribution in [0, 0.1) is 0 Å². The molecule has 4 rings (SSSR count). The second-order valence-corrected chi connectivity index (χ2v) is 10.9. The maximum atomic E-state index is 13.1. The molecule has 1 aromatic heterocycles. The fourth-order valence-corrected chi connectivity index (χ4v) is 6.00. The molecule has 0 saturated heterocycles. The lowest BCUT2D eigenvalue weighted by molar-refractivity contribution is 0.0997. The summed E-state index contributed by atoms with van der Waals surface area (Å²) in [5, 5.41) is 0. The summed E-state index contributed by atoms with van der Waals surface area (Å²) in [7, 11) is 2.43. The maximum absolute atomic E-state index is 13.1. The molecule has 4 aromatic rings. The van der Waals surface area contributed by atoms with E-state index < -0.39 is 15.9 Å². The van der Waals surface area contributed by atoms with Crippen molar-refractivity contribution in [1.82, 2.24) is 4.57 Å². The van der Waals surface area contributed by atoms with Gasteiger partial charge in [-0.2, -0.15) is 4.99 Å². The topological polar surface area (TPSA) is 99.4 Å². The van der Waals surface area contributed by atoms with E-state index in [0.29, 0.717) is 35.1 Å². The monoisotopic (exact) mass is 541 g/mol. The highest BCUT2D eigenvalue weighted by molar-refractivity contribution is 7.92. The number of nitrogens with zero attached hydrogens (tertiary/aromatic N) is 3. The molecule has 0 aliphatic heterocycles. The van der Waals surface area contributed by atoms with E-state index in [1.54, 1.807) is 45.6 Å². The van der Waals surface area contributed by atoms with Crippen molar-refractivity contribution in [2.75, 3.05) is 39.3 Å². The molecule has 3 aromatic carbocycles. The minimum atomic E-state index is -3.79. The Morgan fingerprint density at radius 2 is 1.62 bits per heavy atom. The van der Waals surface area contributed by atoms with Crippen LogP contribution in [0.4, 0.5) is 5.69 Å². The average Bonchev–Trinajstić information content (AvgIpc) is 3.26. The summed E-state index contributed by atoms with van der Waals surface area (Å²) in [6.07, 6.45) is 0. The first-order valence-electron chi connectivity index (χ1n) is 11.3. The van der Waals surface area contributed by atoms with Gasteiger partial charge in [0.25, 0.3) is 15.9 Å². The van der Waals surface area contributed by atoms with Crippen LogP contribution >= 0.6 is 11.3 Å². The second-order valence-electron chi connectivity index (χ2n) is 7.95. The predicted molar refractivity (Wildman–Crippen MR) is 143 cm³/mol. The standard InChI is InChI=1S/C26H27N3O6S2/c1-28(19-8-6-5-7-9-19)37(31,32)20-12-10-18(11-13-20)25(30)27-26-29(14-15-33-2)21-16-22(34-3)23(35-4)17-24(21)36-26/h5-13,16-17H,14-15H2,1-4H3. The van der Waals surface area contributed by atoms with Crippen molar-refractivity contribution in [3.8, 4) is 11.5 Å². The highest BCUT2D eigenvalue weighted by Gasteiger charge is 2.21. The Bertz CT molecular complexity index is 1580. The molecule has 0 bridgehead atoms. The number of thiazole rings is 1. The van der Waals surface area contributed by atoms with E-state index in [2.05, 4.69) is 4.99 Å². The Labute approximate surface area is 219 Å². The maximum Gasteiger partial charge on any atom is 0.279 e. The van der Waals surface area contributed by atoms with Gasteiger partial charge in [0, 0.05) is 38.4 Å². The number of para-hydroxylation sites is 1. The number of anilines is 1. The van der Waals surface area contributed by atoms with Crippen LogP contribution in [-0.2, 0) is 21.3 Å². The minimum absolute atomic E-state index is 0.0756. The van der Waals surface area contributed by atoms with Gasteiger partial charge in [-0.05, 0) is 36.4 Å². The van der Waals surface area contributed by atoms with Crippen LogP contribution in [0.3, 0.4) is 0 Å². The number of carbonyl (C=O) groups is 1. The molecule has 0 aliphatic rings. The quantitative estimate of drug-likeness (QED) is 0.318. The number of ether oxygens (including phenoxy) is 3. The first-order valence-corrected chi connectivity index (χ1v) is 13.5. The summed E-state index contributed by atoms with van der Waals surface area (Å²) in [5.74, 6) is 0.649. The molecule has 0 saturated carbocycles. The van der Waals surface area contributed by atoms with Crippen LogP contribution < -0.4 is 18.6 Å². The van der Waals surface area contributed by atoms with Crippen LogP contribution in [0.25, 0.3) is 10.2 Å². The largest absolute Gasteiger partial charge is 0.493 e. The molecule has 11 heteroatoms. The summed E-state index contributed by atoms with van der Waals surface area (Å²) in [5.41, 5.74) is 1.64. The number of hydrogen-bond acceptors (Lipinski definition) is 7. The summed E-state index contributed by atoms with van der Waals surface area (Å²) in [6.45, 7) is 0.893. The minimum Gasteiger partial charge on any atom is -0.493 e. The highest BCUT2D eigenvalue weighted by atomic mass is 32.2. The summed E-state index contributed by atoms with van der Waals surface area (Å²) in [6, 6.07) is 18.2. The van der Waals surface area contributed by atoms with Crippen molar-refractivity contribution in [2.24, 2.45) is 4.99 Å². The predicted octanol–water partition coefficient (Wildman–Crippen LogP) is 3.93. The number of benzene rings is 3. The van der Waals surface area contributed by atoms with Crippen LogP contribution in [0.1, 0.15) is 10.4 Å². The van der Waals surface area contributed by atoms with Crippen molar-refractivity contribution < 1.29 is 27.4 Å². The van der Waals surface area contributed by atoms with Crippen LogP contribution in [-0.4, -0.2) is 53.9 Å². The lowest BCUT2D eigenvalue weighted by Crippen LogP contribution is -2.26. The SMILES string of the molecule is COCCn1c(=NC(=O)c2ccc(S(=O)(=O)N(C)c3ccccc3)cc2)sc2cc(OC)c(OC)cc21. The fraction of sp³-hybridized carbons (Fsp3) is 0.231. The number of sulfonamides is 1. The smallest absolute Gasteiger partial charge is 0.279 e. The van der Waals surface area contributed by atoms with Gasteiger partial charge in [-0.25, -0.2) is 8.42 Å². The van der Waals surface area contributed by atoms with Crippen molar-refractivity contribution in [3.63, 3.8) is 0 Å². The molecule has 37 heavy (non-hydrogen) atoms. The van der Waals surface area contributed by atoms with Crippen LogP contribution in [0.15, 0.2) is 76.6 Å². The van der Waals surface area contributed by atoms with E-state index in [4.69, 9.17) is 14.2 Å². The lowest BCUT2D eigenvalue weighted by atomic mass is 10.2. The van der Waals surface area contributed by atoms with Gasteiger partial charge in [0.15, 0.2) is 16.3 Å². The van der Waals surface area contributed by atoms with Gasteiger partial charge in [0.2, 0.25) is 0 Å². The fourth-order valence-electron chi connectivity index (χ4n) is 3.74. The molecule has 1 heterocycles. The van der Waals surface area contributed by atoms with E-state index in [9.17, 15) is 13.2 Å². The Morgan fingerprint density at radius 3 is 2.24 bits per heavy atom. The lowest BCUT2D eigenvalue weighted by Gasteiger charge is -2.19. The summed E-state index contributed by atoms with van der Waals surface area (Å²) >= 11 is 1.34. The van der Waals surface area contributed by atoms with E-state index in [-0.39, 0.29) is 10.5 Å². The molecular formula is C26H27N3O6S2. The third-order valence-electron chi connectivity index (χ3n) is 5.78. The van der Waals surface area contributed by atoms with E-state index in [1.807, 2.05) is 22.8 Å². The molecule has 0 unspecified atom stereocenters. The van der Waals surface area contributed by atoms with Crippen molar-refractivity contribution >= 4 is 43.2 Å². The molecule has 0 N–H and O–H groups in total. The number of methoxy groups -OCH3 is 3. The third kappa shape index (κ3) is 5.38. The molecule has 0 aliphatic carbocycles. The zero-order chi connectivity index (χ0) is 26.6. The van der Waals surface area contributed by atoms with E-state index >= 15 is 0 Å². The number of aromatic nitrogens is 1. The Hall–Kier alpha value is -3.67. The molecule has 194 valence electrons. The average molecular weight is 542 g/mol. The van der Waals surface area contributed by atoms with Crippen LogP contribution in [0.2, 0.25) is 0 Å². The third-order valence-corrected chi connectivity index (χ3v) is 8.62. The molecule has 1 amide bonds. The van der Waals surface area contributed by atoms with Gasteiger partial charge >= 0.3 is 0 Å². The van der Waals surface area contributed by atoms with Crippen LogP contribution in [0.5, 0.6) is 11.5 Å². The number of carbonyl (C=O) groups excluding carboxylic acids is 1.